The summed E-state index contributed by atoms with van der Waals surface area (Å²) < 4.78 is 0. The summed E-state index contributed by atoms with van der Waals surface area (Å²) in [5.74, 6) is -2.31. The molecule has 106 valence electrons. The van der Waals surface area contributed by atoms with Crippen LogP contribution in [0.15, 0.2) is 11.6 Å². The lowest BCUT2D eigenvalue weighted by Gasteiger charge is -2.27. The van der Waals surface area contributed by atoms with Crippen molar-refractivity contribution >= 4 is 18.0 Å². The Morgan fingerprint density at radius 2 is 2.11 bits per heavy atom. The van der Waals surface area contributed by atoms with Crippen LogP contribution in [0.25, 0.3) is 0 Å². The fraction of sp³-hybridized carbons (Fsp3) is 0.583. The van der Waals surface area contributed by atoms with Gasteiger partial charge < -0.3 is 20.4 Å². The monoisotopic (exact) mass is 270 g/mol. The summed E-state index contributed by atoms with van der Waals surface area (Å²) in [4.78, 5) is 34.8. The Morgan fingerprint density at radius 3 is 2.63 bits per heavy atom. The number of hydrogen-bond acceptors (Lipinski definition) is 3. The van der Waals surface area contributed by atoms with Gasteiger partial charge in [-0.3, -0.25) is 4.79 Å². The van der Waals surface area contributed by atoms with Gasteiger partial charge in [0, 0.05) is 19.5 Å². The minimum Gasteiger partial charge on any atom is -0.481 e. The molecule has 1 aliphatic rings. The molecule has 1 heterocycles. The molecule has 1 rings (SSSR count). The molecule has 2 amide bonds. The maximum absolute atomic E-state index is 11.9. The Morgan fingerprint density at radius 1 is 1.42 bits per heavy atom. The van der Waals surface area contributed by atoms with Gasteiger partial charge in [-0.05, 0) is 19.8 Å². The van der Waals surface area contributed by atoms with E-state index in [4.69, 9.17) is 10.2 Å². The molecule has 0 spiro atoms. The normalized spacial score (nSPS) is 16.5. The van der Waals surface area contributed by atoms with Gasteiger partial charge in [0.1, 0.15) is 6.04 Å². The number of carbonyl (C=O) groups excluding carboxylic acids is 1. The molecule has 1 atom stereocenters. The Labute approximate surface area is 110 Å². The minimum absolute atomic E-state index is 0.126. The van der Waals surface area contributed by atoms with E-state index in [0.29, 0.717) is 13.1 Å². The van der Waals surface area contributed by atoms with E-state index in [1.165, 1.54) is 4.90 Å². The second kappa shape index (κ2) is 6.77. The molecule has 0 unspecified atom stereocenters. The number of aliphatic carboxylic acids is 2. The van der Waals surface area contributed by atoms with E-state index < -0.39 is 24.0 Å². The fourth-order valence-corrected chi connectivity index (χ4v) is 1.85. The molecule has 1 aliphatic heterocycles. The third kappa shape index (κ3) is 4.99. The van der Waals surface area contributed by atoms with E-state index >= 15 is 0 Å². The van der Waals surface area contributed by atoms with Crippen LogP contribution in [0.5, 0.6) is 0 Å². The standard InChI is InChI=1S/C12H18N2O5/c1-8-3-2-6-14(7-8)12(19)13-9(11(17)18)4-5-10(15)16/h3,9H,2,4-7H2,1H3,(H,13,19)(H,15,16)(H,17,18)/t9-/m0/s1. The van der Waals surface area contributed by atoms with Crippen LogP contribution in [0.3, 0.4) is 0 Å². The molecule has 0 saturated heterocycles. The average molecular weight is 270 g/mol. The number of urea groups is 1. The molecule has 3 N–H and O–H groups in total. The third-order valence-corrected chi connectivity index (χ3v) is 2.86. The molecule has 0 aromatic heterocycles. The number of rotatable bonds is 5. The number of amides is 2. The predicted octanol–water partition coefficient (Wildman–Crippen LogP) is 0.666. The van der Waals surface area contributed by atoms with Crippen molar-refractivity contribution in [2.75, 3.05) is 13.1 Å². The zero-order chi connectivity index (χ0) is 14.4. The minimum atomic E-state index is -1.22. The van der Waals surface area contributed by atoms with E-state index in [1.807, 2.05) is 13.0 Å². The second-order valence-electron chi connectivity index (χ2n) is 4.53. The van der Waals surface area contributed by atoms with Crippen molar-refractivity contribution in [3.63, 3.8) is 0 Å². The zero-order valence-corrected chi connectivity index (χ0v) is 10.8. The molecular weight excluding hydrogens is 252 g/mol. The van der Waals surface area contributed by atoms with Crippen LogP contribution in [-0.4, -0.2) is 52.2 Å². The first kappa shape index (κ1) is 15.0. The van der Waals surface area contributed by atoms with Crippen molar-refractivity contribution in [2.45, 2.75) is 32.2 Å². The molecule has 0 aliphatic carbocycles. The van der Waals surface area contributed by atoms with Crippen LogP contribution in [0.2, 0.25) is 0 Å². The zero-order valence-electron chi connectivity index (χ0n) is 10.8. The van der Waals surface area contributed by atoms with Crippen molar-refractivity contribution in [1.29, 1.82) is 0 Å². The van der Waals surface area contributed by atoms with Crippen molar-refractivity contribution in [1.82, 2.24) is 10.2 Å². The summed E-state index contributed by atoms with van der Waals surface area (Å²) in [6, 6.07) is -1.64. The summed E-state index contributed by atoms with van der Waals surface area (Å²) >= 11 is 0. The molecular formula is C12H18N2O5. The van der Waals surface area contributed by atoms with Crippen molar-refractivity contribution in [2.24, 2.45) is 0 Å². The Hall–Kier alpha value is -2.05. The van der Waals surface area contributed by atoms with Crippen molar-refractivity contribution in [3.8, 4) is 0 Å². The van der Waals surface area contributed by atoms with Crippen LogP contribution in [0.4, 0.5) is 4.79 Å². The molecule has 0 fully saturated rings. The van der Waals surface area contributed by atoms with Crippen molar-refractivity contribution < 1.29 is 24.6 Å². The largest absolute Gasteiger partial charge is 0.481 e. The number of carboxylic acids is 2. The maximum Gasteiger partial charge on any atom is 0.326 e. The maximum atomic E-state index is 11.9. The van der Waals surface area contributed by atoms with Gasteiger partial charge in [0.2, 0.25) is 0 Å². The van der Waals surface area contributed by atoms with Crippen LogP contribution in [0, 0.1) is 0 Å². The highest BCUT2D eigenvalue weighted by Crippen LogP contribution is 2.09. The Kier molecular flexibility index (Phi) is 5.35. The number of carbonyl (C=O) groups is 3. The quantitative estimate of drug-likeness (QED) is 0.636. The topological polar surface area (TPSA) is 107 Å². The molecule has 0 saturated carbocycles. The summed E-state index contributed by atoms with van der Waals surface area (Å²) in [5, 5.41) is 19.8. The van der Waals surface area contributed by atoms with Gasteiger partial charge in [-0.2, -0.15) is 0 Å². The average Bonchev–Trinajstić information content (AvgIpc) is 2.33. The van der Waals surface area contributed by atoms with Gasteiger partial charge in [-0.1, -0.05) is 11.6 Å². The molecule has 7 heteroatoms. The van der Waals surface area contributed by atoms with Gasteiger partial charge in [0.05, 0.1) is 0 Å². The number of hydrogen-bond donors (Lipinski definition) is 3. The fourth-order valence-electron chi connectivity index (χ4n) is 1.85. The molecule has 7 nitrogen and oxygen atoms in total. The van der Waals surface area contributed by atoms with E-state index in [2.05, 4.69) is 5.32 Å². The van der Waals surface area contributed by atoms with Crippen LogP contribution < -0.4 is 5.32 Å². The van der Waals surface area contributed by atoms with Gasteiger partial charge in [0.25, 0.3) is 0 Å². The van der Waals surface area contributed by atoms with Gasteiger partial charge in [0.15, 0.2) is 0 Å². The van der Waals surface area contributed by atoms with E-state index in [1.54, 1.807) is 0 Å². The van der Waals surface area contributed by atoms with Gasteiger partial charge in [-0.15, -0.1) is 0 Å². The molecule has 19 heavy (non-hydrogen) atoms. The lowest BCUT2D eigenvalue weighted by molar-refractivity contribution is -0.140. The van der Waals surface area contributed by atoms with Gasteiger partial charge in [-0.25, -0.2) is 9.59 Å². The highest BCUT2D eigenvalue weighted by Gasteiger charge is 2.24. The summed E-state index contributed by atoms with van der Waals surface area (Å²) in [6.07, 6.45) is 2.35. The smallest absolute Gasteiger partial charge is 0.326 e. The predicted molar refractivity (Wildman–Crippen MR) is 66.8 cm³/mol. The van der Waals surface area contributed by atoms with E-state index in [9.17, 15) is 14.4 Å². The van der Waals surface area contributed by atoms with Crippen LogP contribution in [0.1, 0.15) is 26.2 Å². The summed E-state index contributed by atoms with van der Waals surface area (Å²) in [6.45, 7) is 2.91. The first-order chi connectivity index (χ1) is 8.90. The third-order valence-electron chi connectivity index (χ3n) is 2.86. The van der Waals surface area contributed by atoms with Gasteiger partial charge >= 0.3 is 18.0 Å². The SMILES string of the molecule is CC1=CCCN(C(=O)N[C@@H](CCC(=O)O)C(=O)O)C1. The molecule has 0 aromatic carbocycles. The number of nitrogens with zero attached hydrogens (tertiary/aromatic N) is 1. The summed E-state index contributed by atoms with van der Waals surface area (Å²) in [5.41, 5.74) is 1.05. The number of nitrogens with one attached hydrogen (secondary N) is 1. The van der Waals surface area contributed by atoms with Crippen molar-refractivity contribution in [3.05, 3.63) is 11.6 Å². The lowest BCUT2D eigenvalue weighted by Crippen LogP contribution is -2.49. The first-order valence-corrected chi connectivity index (χ1v) is 6.06. The van der Waals surface area contributed by atoms with E-state index in [-0.39, 0.29) is 12.8 Å². The van der Waals surface area contributed by atoms with E-state index in [0.717, 1.165) is 12.0 Å². The Balaban J connectivity index is 2.53. The van der Waals surface area contributed by atoms with Crippen LogP contribution >= 0.6 is 0 Å². The second-order valence-corrected chi connectivity index (χ2v) is 4.53. The highest BCUT2D eigenvalue weighted by atomic mass is 16.4. The highest BCUT2D eigenvalue weighted by molar-refractivity contribution is 5.83. The molecule has 0 bridgehead atoms. The first-order valence-electron chi connectivity index (χ1n) is 6.06. The molecule has 0 radical (unpaired) electrons. The summed E-state index contributed by atoms with van der Waals surface area (Å²) in [7, 11) is 0. The Bertz CT molecular complexity index is 405. The molecule has 0 aromatic rings. The van der Waals surface area contributed by atoms with Crippen LogP contribution in [-0.2, 0) is 9.59 Å². The number of carboxylic acid groups (broad SMARTS) is 2. The lowest BCUT2D eigenvalue weighted by atomic mass is 10.1.